The topological polar surface area (TPSA) is 79.0 Å². The molecule has 3 rings (SSSR count). The number of ether oxygens (including phenoxy) is 1. The van der Waals surface area contributed by atoms with E-state index in [0.29, 0.717) is 32.5 Å². The average Bonchev–Trinajstić information content (AvgIpc) is 3.12. The number of benzene rings is 1. The smallest absolute Gasteiger partial charge is 0.260 e. The van der Waals surface area contributed by atoms with Crippen molar-refractivity contribution in [1.82, 2.24) is 15.1 Å². The van der Waals surface area contributed by atoms with Crippen molar-refractivity contribution < 1.29 is 19.1 Å². The second-order valence-corrected chi connectivity index (χ2v) is 9.73. The SMILES string of the molecule is Cc1cccc(OCC(=O)N2CCC(NC(=O)C3CC(=O)N(C(C)(C)C)C3)CC2)c1C. The lowest BCUT2D eigenvalue weighted by Gasteiger charge is -2.33. The van der Waals surface area contributed by atoms with E-state index in [1.54, 1.807) is 9.80 Å². The summed E-state index contributed by atoms with van der Waals surface area (Å²) in [7, 11) is 0. The first-order valence-corrected chi connectivity index (χ1v) is 11.1. The number of carbonyl (C=O) groups is 3. The molecular weight excluding hydrogens is 394 g/mol. The molecule has 2 aliphatic rings. The molecule has 7 nitrogen and oxygen atoms in total. The third-order valence-corrected chi connectivity index (χ3v) is 6.41. The fraction of sp³-hybridized carbons (Fsp3) is 0.625. The van der Waals surface area contributed by atoms with Crippen LogP contribution >= 0.6 is 0 Å². The Morgan fingerprint density at radius 2 is 1.84 bits per heavy atom. The number of amides is 3. The van der Waals surface area contributed by atoms with Crippen LogP contribution in [0.25, 0.3) is 0 Å². The van der Waals surface area contributed by atoms with Crippen molar-refractivity contribution in [2.24, 2.45) is 5.92 Å². The van der Waals surface area contributed by atoms with Crippen LogP contribution in [0, 0.1) is 19.8 Å². The first kappa shape index (κ1) is 23.1. The molecule has 0 saturated carbocycles. The molecule has 1 atom stereocenters. The fourth-order valence-corrected chi connectivity index (χ4v) is 4.23. The Bertz CT molecular complexity index is 838. The highest BCUT2D eigenvalue weighted by molar-refractivity contribution is 5.89. The third-order valence-electron chi connectivity index (χ3n) is 6.41. The van der Waals surface area contributed by atoms with E-state index >= 15 is 0 Å². The molecule has 2 fully saturated rings. The van der Waals surface area contributed by atoms with Gasteiger partial charge in [0.1, 0.15) is 5.75 Å². The van der Waals surface area contributed by atoms with Crippen LogP contribution in [0.4, 0.5) is 0 Å². The van der Waals surface area contributed by atoms with Crippen LogP contribution in [0.5, 0.6) is 5.75 Å². The Labute approximate surface area is 185 Å². The molecule has 0 aliphatic carbocycles. The maximum Gasteiger partial charge on any atom is 0.260 e. The summed E-state index contributed by atoms with van der Waals surface area (Å²) >= 11 is 0. The van der Waals surface area contributed by atoms with E-state index < -0.39 is 0 Å². The van der Waals surface area contributed by atoms with E-state index in [-0.39, 0.29) is 48.2 Å². The normalized spacial score (nSPS) is 20.2. The molecular formula is C24H35N3O4. The van der Waals surface area contributed by atoms with E-state index in [1.807, 2.05) is 52.8 Å². The predicted molar refractivity (Wildman–Crippen MR) is 119 cm³/mol. The summed E-state index contributed by atoms with van der Waals surface area (Å²) in [6.45, 7) is 11.7. The number of aryl methyl sites for hydroxylation is 1. The first-order chi connectivity index (χ1) is 14.6. The van der Waals surface area contributed by atoms with Gasteiger partial charge in [0.05, 0.1) is 5.92 Å². The van der Waals surface area contributed by atoms with Gasteiger partial charge in [-0.1, -0.05) is 12.1 Å². The van der Waals surface area contributed by atoms with Crippen molar-refractivity contribution >= 4 is 17.7 Å². The van der Waals surface area contributed by atoms with Gasteiger partial charge in [-0.05, 0) is 64.7 Å². The number of nitrogens with one attached hydrogen (secondary N) is 1. The van der Waals surface area contributed by atoms with Gasteiger partial charge < -0.3 is 19.9 Å². The summed E-state index contributed by atoms with van der Waals surface area (Å²) in [4.78, 5) is 41.0. The molecule has 1 N–H and O–H groups in total. The Balaban J connectivity index is 1.43. The molecule has 0 aromatic heterocycles. The Morgan fingerprint density at radius 3 is 2.45 bits per heavy atom. The van der Waals surface area contributed by atoms with E-state index in [1.165, 1.54) is 0 Å². The standard InChI is InChI=1S/C24H35N3O4/c1-16-7-6-8-20(17(16)2)31-15-22(29)26-11-9-19(10-12-26)25-23(30)18-13-21(28)27(14-18)24(3,4)5/h6-8,18-19H,9-15H2,1-5H3,(H,25,30). The number of piperidine rings is 1. The van der Waals surface area contributed by atoms with Crippen LogP contribution in [-0.4, -0.2) is 65.3 Å². The minimum absolute atomic E-state index is 0.0220. The zero-order valence-corrected chi connectivity index (χ0v) is 19.4. The molecule has 1 aromatic carbocycles. The molecule has 2 saturated heterocycles. The highest BCUT2D eigenvalue weighted by atomic mass is 16.5. The number of likely N-dealkylation sites (tertiary alicyclic amines) is 2. The minimum Gasteiger partial charge on any atom is -0.483 e. The van der Waals surface area contributed by atoms with E-state index in [0.717, 1.165) is 16.9 Å². The summed E-state index contributed by atoms with van der Waals surface area (Å²) in [5.74, 6) is 0.399. The maximum atomic E-state index is 12.7. The maximum absolute atomic E-state index is 12.7. The Morgan fingerprint density at radius 1 is 1.16 bits per heavy atom. The molecule has 170 valence electrons. The van der Waals surface area contributed by atoms with Gasteiger partial charge in [-0.2, -0.15) is 0 Å². The van der Waals surface area contributed by atoms with Gasteiger partial charge in [-0.25, -0.2) is 0 Å². The lowest BCUT2D eigenvalue weighted by molar-refractivity contribution is -0.135. The average molecular weight is 430 g/mol. The van der Waals surface area contributed by atoms with Crippen LogP contribution in [0.2, 0.25) is 0 Å². The van der Waals surface area contributed by atoms with Gasteiger partial charge in [0, 0.05) is 37.6 Å². The monoisotopic (exact) mass is 429 g/mol. The predicted octanol–water partition coefficient (Wildman–Crippen LogP) is 2.44. The van der Waals surface area contributed by atoms with E-state index in [2.05, 4.69) is 5.32 Å². The number of nitrogens with zero attached hydrogens (tertiary/aromatic N) is 2. The first-order valence-electron chi connectivity index (χ1n) is 11.1. The molecule has 2 aliphatic heterocycles. The summed E-state index contributed by atoms with van der Waals surface area (Å²) in [5, 5.41) is 3.10. The summed E-state index contributed by atoms with van der Waals surface area (Å²) in [6, 6.07) is 5.86. The molecule has 0 bridgehead atoms. The van der Waals surface area contributed by atoms with Crippen LogP contribution in [0.15, 0.2) is 18.2 Å². The lowest BCUT2D eigenvalue weighted by atomic mass is 10.0. The molecule has 0 spiro atoms. The van der Waals surface area contributed by atoms with Crippen molar-refractivity contribution in [1.29, 1.82) is 0 Å². The molecule has 7 heteroatoms. The third kappa shape index (κ3) is 5.57. The van der Waals surface area contributed by atoms with Crippen molar-refractivity contribution in [2.45, 2.75) is 65.5 Å². The van der Waals surface area contributed by atoms with Crippen LogP contribution in [0.1, 0.15) is 51.2 Å². The van der Waals surface area contributed by atoms with Gasteiger partial charge >= 0.3 is 0 Å². The van der Waals surface area contributed by atoms with E-state index in [9.17, 15) is 14.4 Å². The summed E-state index contributed by atoms with van der Waals surface area (Å²) in [6.07, 6.45) is 1.70. The number of rotatable bonds is 5. The Kier molecular flexibility index (Phi) is 6.92. The fourth-order valence-electron chi connectivity index (χ4n) is 4.23. The van der Waals surface area contributed by atoms with Gasteiger partial charge in [0.15, 0.2) is 6.61 Å². The number of hydrogen-bond acceptors (Lipinski definition) is 4. The highest BCUT2D eigenvalue weighted by Crippen LogP contribution is 2.26. The second kappa shape index (κ2) is 9.28. The highest BCUT2D eigenvalue weighted by Gasteiger charge is 2.40. The van der Waals surface area contributed by atoms with Crippen LogP contribution in [-0.2, 0) is 14.4 Å². The molecule has 1 unspecified atom stereocenters. The number of hydrogen-bond donors (Lipinski definition) is 1. The lowest BCUT2D eigenvalue weighted by Crippen LogP contribution is -2.49. The van der Waals surface area contributed by atoms with E-state index in [4.69, 9.17) is 4.74 Å². The van der Waals surface area contributed by atoms with Crippen LogP contribution < -0.4 is 10.1 Å². The van der Waals surface area contributed by atoms with Gasteiger partial charge in [-0.15, -0.1) is 0 Å². The molecule has 2 heterocycles. The molecule has 0 radical (unpaired) electrons. The van der Waals surface area contributed by atoms with Gasteiger partial charge in [-0.3, -0.25) is 14.4 Å². The largest absolute Gasteiger partial charge is 0.483 e. The summed E-state index contributed by atoms with van der Waals surface area (Å²) in [5.41, 5.74) is 1.92. The zero-order valence-electron chi connectivity index (χ0n) is 19.4. The molecule has 31 heavy (non-hydrogen) atoms. The second-order valence-electron chi connectivity index (χ2n) is 9.73. The number of carbonyl (C=O) groups excluding carboxylic acids is 3. The van der Waals surface area contributed by atoms with Crippen LogP contribution in [0.3, 0.4) is 0 Å². The minimum atomic E-state index is -0.294. The quantitative estimate of drug-likeness (QED) is 0.780. The summed E-state index contributed by atoms with van der Waals surface area (Å²) < 4.78 is 5.74. The van der Waals surface area contributed by atoms with Gasteiger partial charge in [0.25, 0.3) is 5.91 Å². The van der Waals surface area contributed by atoms with Gasteiger partial charge in [0.2, 0.25) is 11.8 Å². The molecule has 1 aromatic rings. The van der Waals surface area contributed by atoms with Crippen molar-refractivity contribution in [2.75, 3.05) is 26.2 Å². The van der Waals surface area contributed by atoms with Crippen molar-refractivity contribution in [3.63, 3.8) is 0 Å². The van der Waals surface area contributed by atoms with Crippen molar-refractivity contribution in [3.8, 4) is 5.75 Å². The van der Waals surface area contributed by atoms with Crippen molar-refractivity contribution in [3.05, 3.63) is 29.3 Å². The zero-order chi connectivity index (χ0) is 22.8. The molecule has 3 amide bonds. The Hall–Kier alpha value is -2.57.